The van der Waals surface area contributed by atoms with Crippen molar-refractivity contribution in [2.24, 2.45) is 10.2 Å². The van der Waals surface area contributed by atoms with Crippen molar-refractivity contribution in [1.82, 2.24) is 0 Å². The second-order valence-corrected chi connectivity index (χ2v) is 8.02. The van der Waals surface area contributed by atoms with E-state index in [0.717, 1.165) is 43.5 Å². The number of nitrogens with zero attached hydrogens (tertiary/aromatic N) is 2. The third-order valence-electron chi connectivity index (χ3n) is 5.36. The van der Waals surface area contributed by atoms with Crippen LogP contribution in [-0.2, 0) is 12.8 Å². The lowest BCUT2D eigenvalue weighted by atomic mass is 9.91. The summed E-state index contributed by atoms with van der Waals surface area (Å²) in [6.07, 6.45) is 12.8. The lowest BCUT2D eigenvalue weighted by Gasteiger charge is -2.14. The molecule has 3 aromatic rings. The van der Waals surface area contributed by atoms with Gasteiger partial charge in [0.25, 0.3) is 0 Å². The molecule has 0 spiro atoms. The molecule has 0 aliphatic carbocycles. The van der Waals surface area contributed by atoms with Gasteiger partial charge in [0.15, 0.2) is 0 Å². The van der Waals surface area contributed by atoms with Crippen molar-refractivity contribution in [1.29, 1.82) is 0 Å². The van der Waals surface area contributed by atoms with Gasteiger partial charge in [-0.2, -0.15) is 10.2 Å². The van der Waals surface area contributed by atoms with Crippen LogP contribution in [0.3, 0.4) is 0 Å². The van der Waals surface area contributed by atoms with Gasteiger partial charge in [-0.3, -0.25) is 0 Å². The Bertz CT molecular complexity index is 1000. The summed E-state index contributed by atoms with van der Waals surface area (Å²) in [5.41, 5.74) is 5.69. The van der Waals surface area contributed by atoms with Gasteiger partial charge in [-0.25, -0.2) is 0 Å². The zero-order valence-electron chi connectivity index (χ0n) is 20.2. The Morgan fingerprint density at radius 1 is 0.588 bits per heavy atom. The molecule has 2 nitrogen and oxygen atoms in total. The Labute approximate surface area is 205 Å². The number of benzene rings is 3. The molecule has 174 valence electrons. The molecule has 0 saturated heterocycles. The molecule has 0 aliphatic heterocycles. The van der Waals surface area contributed by atoms with Crippen molar-refractivity contribution in [2.75, 3.05) is 0 Å². The standard InChI is InChI=1S/C20H22N2.C12H14/c1-3-5-10-17(9-4-2)18-13-15-20(16-14-18)22-21-19-11-7-6-8-12-19;1-3-5-11-7-9-12(6-4-2)10-8-11/h3-4,6-8,11-17H,1-2,5,9-10H2;3-4,7-10H,1-2,5-6H2. The minimum atomic E-state index is 0.496. The molecule has 3 rings (SSSR count). The first-order valence-electron chi connectivity index (χ1n) is 11.8. The SMILES string of the molecule is C=CCCC(CC=C)c1ccc(N=Nc2ccccc2)cc1.C=CCc1ccc(CC=C)cc1. The maximum atomic E-state index is 4.27. The average molecular weight is 449 g/mol. The number of rotatable bonds is 12. The highest BCUT2D eigenvalue weighted by atomic mass is 15.1. The van der Waals surface area contributed by atoms with Crippen molar-refractivity contribution in [3.63, 3.8) is 0 Å². The van der Waals surface area contributed by atoms with E-state index in [1.54, 1.807) is 0 Å². The van der Waals surface area contributed by atoms with Crippen molar-refractivity contribution in [3.8, 4) is 0 Å². The van der Waals surface area contributed by atoms with Crippen LogP contribution >= 0.6 is 0 Å². The molecule has 0 N–H and O–H groups in total. The maximum Gasteiger partial charge on any atom is 0.0857 e. The summed E-state index contributed by atoms with van der Waals surface area (Å²) in [7, 11) is 0. The van der Waals surface area contributed by atoms with Crippen LogP contribution in [0.1, 0.15) is 41.9 Å². The number of hydrogen-bond donors (Lipinski definition) is 0. The average Bonchev–Trinajstić information content (AvgIpc) is 2.88. The number of allylic oxidation sites excluding steroid dienone is 4. The van der Waals surface area contributed by atoms with E-state index >= 15 is 0 Å². The zero-order chi connectivity index (χ0) is 24.4. The van der Waals surface area contributed by atoms with Crippen LogP contribution < -0.4 is 0 Å². The minimum Gasteiger partial charge on any atom is -0.151 e. The monoisotopic (exact) mass is 448 g/mol. The fourth-order valence-corrected chi connectivity index (χ4v) is 3.51. The third kappa shape index (κ3) is 9.79. The number of hydrogen-bond acceptors (Lipinski definition) is 2. The summed E-state index contributed by atoms with van der Waals surface area (Å²) >= 11 is 0. The van der Waals surface area contributed by atoms with Gasteiger partial charge in [-0.1, -0.05) is 78.9 Å². The first-order valence-corrected chi connectivity index (χ1v) is 11.8. The van der Waals surface area contributed by atoms with Crippen LogP contribution in [0.5, 0.6) is 0 Å². The van der Waals surface area contributed by atoms with E-state index in [0.29, 0.717) is 5.92 Å². The predicted octanol–water partition coefficient (Wildman–Crippen LogP) is 9.87. The molecule has 2 heteroatoms. The van der Waals surface area contributed by atoms with Gasteiger partial charge in [0, 0.05) is 0 Å². The van der Waals surface area contributed by atoms with Crippen LogP contribution in [0.25, 0.3) is 0 Å². The fourth-order valence-electron chi connectivity index (χ4n) is 3.51. The molecule has 1 atom stereocenters. The van der Waals surface area contributed by atoms with Crippen molar-refractivity contribution in [2.45, 2.75) is 38.0 Å². The summed E-state index contributed by atoms with van der Waals surface area (Å²) in [5, 5.41) is 8.51. The molecule has 0 radical (unpaired) electrons. The zero-order valence-corrected chi connectivity index (χ0v) is 20.2. The van der Waals surface area contributed by atoms with Gasteiger partial charge in [0.05, 0.1) is 11.4 Å². The topological polar surface area (TPSA) is 24.7 Å². The second-order valence-electron chi connectivity index (χ2n) is 8.02. The van der Waals surface area contributed by atoms with Gasteiger partial charge < -0.3 is 0 Å². The summed E-state index contributed by atoms with van der Waals surface area (Å²) in [5.74, 6) is 0.496. The van der Waals surface area contributed by atoms with Gasteiger partial charge in [-0.05, 0) is 79.0 Å². The predicted molar refractivity (Wildman–Crippen MR) is 148 cm³/mol. The smallest absolute Gasteiger partial charge is 0.0857 e. The Morgan fingerprint density at radius 2 is 1.12 bits per heavy atom. The van der Waals surface area contributed by atoms with Gasteiger partial charge in [0.2, 0.25) is 0 Å². The van der Waals surface area contributed by atoms with Gasteiger partial charge in [0.1, 0.15) is 0 Å². The van der Waals surface area contributed by atoms with Crippen LogP contribution in [0.15, 0.2) is 140 Å². The molecular formula is C32H36N2. The Balaban J connectivity index is 0.000000287. The van der Waals surface area contributed by atoms with Crippen LogP contribution in [0, 0.1) is 0 Å². The maximum absolute atomic E-state index is 4.27. The van der Waals surface area contributed by atoms with E-state index in [1.807, 2.05) is 66.8 Å². The molecule has 3 aromatic carbocycles. The van der Waals surface area contributed by atoms with Gasteiger partial charge >= 0.3 is 0 Å². The normalized spacial score (nSPS) is 11.2. The van der Waals surface area contributed by atoms with Crippen LogP contribution in [0.2, 0.25) is 0 Å². The number of azo groups is 1. The van der Waals surface area contributed by atoms with E-state index in [2.05, 4.69) is 72.9 Å². The first-order chi connectivity index (χ1) is 16.7. The highest BCUT2D eigenvalue weighted by Gasteiger charge is 2.08. The molecular weight excluding hydrogens is 412 g/mol. The van der Waals surface area contributed by atoms with Crippen LogP contribution in [0.4, 0.5) is 11.4 Å². The quantitative estimate of drug-likeness (QED) is 0.194. The molecule has 1 unspecified atom stereocenters. The summed E-state index contributed by atoms with van der Waals surface area (Å²) < 4.78 is 0. The molecule has 0 aliphatic rings. The first kappa shape index (κ1) is 26.5. The Kier molecular flexibility index (Phi) is 12.4. The third-order valence-corrected chi connectivity index (χ3v) is 5.36. The molecule has 0 aromatic heterocycles. The van der Waals surface area contributed by atoms with E-state index in [1.165, 1.54) is 16.7 Å². The summed E-state index contributed by atoms with van der Waals surface area (Å²) in [6, 6.07) is 26.6. The molecule has 0 bridgehead atoms. The van der Waals surface area contributed by atoms with E-state index in [9.17, 15) is 0 Å². The van der Waals surface area contributed by atoms with Crippen molar-refractivity contribution >= 4 is 11.4 Å². The Hall–Kier alpha value is -3.78. The Morgan fingerprint density at radius 3 is 1.59 bits per heavy atom. The fraction of sp³-hybridized carbons (Fsp3) is 0.188. The molecule has 0 saturated carbocycles. The highest BCUT2D eigenvalue weighted by molar-refractivity contribution is 5.41. The minimum absolute atomic E-state index is 0.496. The molecule has 0 heterocycles. The summed E-state index contributed by atoms with van der Waals surface area (Å²) in [6.45, 7) is 15.1. The lowest BCUT2D eigenvalue weighted by Crippen LogP contribution is -1.96. The van der Waals surface area contributed by atoms with Crippen LogP contribution in [-0.4, -0.2) is 0 Å². The molecule has 0 amide bonds. The van der Waals surface area contributed by atoms with Crippen molar-refractivity contribution < 1.29 is 0 Å². The highest BCUT2D eigenvalue weighted by Crippen LogP contribution is 2.28. The van der Waals surface area contributed by atoms with E-state index < -0.39 is 0 Å². The molecule has 0 fully saturated rings. The second kappa shape index (κ2) is 15.9. The van der Waals surface area contributed by atoms with Crippen molar-refractivity contribution in [3.05, 3.63) is 146 Å². The van der Waals surface area contributed by atoms with E-state index in [-0.39, 0.29) is 0 Å². The van der Waals surface area contributed by atoms with Gasteiger partial charge in [-0.15, -0.1) is 26.3 Å². The summed E-state index contributed by atoms with van der Waals surface area (Å²) in [4.78, 5) is 0. The van der Waals surface area contributed by atoms with E-state index in [4.69, 9.17) is 0 Å². The molecule has 34 heavy (non-hydrogen) atoms. The lowest BCUT2D eigenvalue weighted by molar-refractivity contribution is 0.642. The largest absolute Gasteiger partial charge is 0.151 e.